The van der Waals surface area contributed by atoms with E-state index >= 15 is 0 Å². The zero-order valence-electron chi connectivity index (χ0n) is 14.8. The Morgan fingerprint density at radius 1 is 1.36 bits per heavy atom. The molecular weight excluding hydrogens is 326 g/mol. The minimum atomic E-state index is -1.12. The van der Waals surface area contributed by atoms with Gasteiger partial charge in [-0.05, 0) is 38.8 Å². The van der Waals surface area contributed by atoms with Gasteiger partial charge in [-0.15, -0.1) is 0 Å². The van der Waals surface area contributed by atoms with Crippen LogP contribution < -0.4 is 5.32 Å². The first kappa shape index (κ1) is 20.1. The van der Waals surface area contributed by atoms with Crippen molar-refractivity contribution in [3.63, 3.8) is 0 Å². The van der Waals surface area contributed by atoms with E-state index in [0.717, 1.165) is 0 Å². The second-order valence-corrected chi connectivity index (χ2v) is 6.26. The predicted octanol–water partition coefficient (Wildman–Crippen LogP) is 2.50. The number of carbonyl (C=O) groups excluding carboxylic acids is 2. The van der Waals surface area contributed by atoms with Crippen molar-refractivity contribution >= 4 is 17.6 Å². The van der Waals surface area contributed by atoms with Gasteiger partial charge in [0.05, 0.1) is 16.6 Å². The van der Waals surface area contributed by atoms with Crippen molar-refractivity contribution in [3.05, 3.63) is 39.4 Å². The number of amides is 1. The number of nitro groups is 1. The minimum Gasteiger partial charge on any atom is -0.449 e. The van der Waals surface area contributed by atoms with Gasteiger partial charge in [0, 0.05) is 11.6 Å². The second-order valence-electron chi connectivity index (χ2n) is 6.26. The molecule has 0 unspecified atom stereocenters. The van der Waals surface area contributed by atoms with Crippen molar-refractivity contribution in [1.29, 1.82) is 5.26 Å². The average molecular weight is 347 g/mol. The summed E-state index contributed by atoms with van der Waals surface area (Å²) in [4.78, 5) is 34.5. The molecule has 0 spiro atoms. The van der Waals surface area contributed by atoms with Gasteiger partial charge in [-0.2, -0.15) is 5.26 Å². The number of hydrogen-bond donors (Lipinski definition) is 1. The van der Waals surface area contributed by atoms with E-state index < -0.39 is 28.4 Å². The molecule has 0 saturated carbocycles. The lowest BCUT2D eigenvalue weighted by Crippen LogP contribution is -2.52. The monoisotopic (exact) mass is 347 g/mol. The quantitative estimate of drug-likeness (QED) is 0.479. The molecule has 0 heterocycles. The lowest BCUT2D eigenvalue weighted by atomic mass is 9.90. The van der Waals surface area contributed by atoms with E-state index in [0.29, 0.717) is 5.56 Å². The molecule has 2 atom stereocenters. The van der Waals surface area contributed by atoms with E-state index in [4.69, 9.17) is 4.74 Å². The normalized spacial score (nSPS) is 14.1. The molecule has 8 heteroatoms. The summed E-state index contributed by atoms with van der Waals surface area (Å²) in [5, 5.41) is 22.6. The number of nitrogens with one attached hydrogen (secondary N) is 1. The maximum absolute atomic E-state index is 12.2. The van der Waals surface area contributed by atoms with Gasteiger partial charge >= 0.3 is 5.97 Å². The fourth-order valence-corrected chi connectivity index (χ4v) is 1.93. The van der Waals surface area contributed by atoms with Crippen LogP contribution in [0.15, 0.2) is 18.2 Å². The van der Waals surface area contributed by atoms with Crippen LogP contribution in [0.4, 0.5) is 5.69 Å². The van der Waals surface area contributed by atoms with Crippen LogP contribution in [0.1, 0.15) is 43.6 Å². The summed E-state index contributed by atoms with van der Waals surface area (Å²) in [5.41, 5.74) is -0.769. The van der Waals surface area contributed by atoms with Crippen LogP contribution in [0.2, 0.25) is 0 Å². The Labute approximate surface area is 145 Å². The molecule has 0 bridgehead atoms. The molecule has 0 radical (unpaired) electrons. The lowest BCUT2D eigenvalue weighted by molar-refractivity contribution is -0.385. The molecule has 134 valence electrons. The van der Waals surface area contributed by atoms with Crippen molar-refractivity contribution in [2.75, 3.05) is 0 Å². The fraction of sp³-hybridized carbons (Fsp3) is 0.471. The van der Waals surface area contributed by atoms with E-state index in [1.807, 2.05) is 6.07 Å². The van der Waals surface area contributed by atoms with E-state index in [9.17, 15) is 25.0 Å². The first-order valence-electron chi connectivity index (χ1n) is 7.71. The molecule has 1 rings (SSSR count). The molecule has 1 N–H and O–H groups in total. The van der Waals surface area contributed by atoms with Crippen molar-refractivity contribution in [3.8, 4) is 6.07 Å². The number of nitriles is 1. The van der Waals surface area contributed by atoms with Gasteiger partial charge in [0.1, 0.15) is 5.54 Å². The first-order valence-corrected chi connectivity index (χ1v) is 7.71. The third-order valence-electron chi connectivity index (χ3n) is 4.05. The number of hydrogen-bond acceptors (Lipinski definition) is 6. The largest absolute Gasteiger partial charge is 0.449 e. The highest BCUT2D eigenvalue weighted by Crippen LogP contribution is 2.20. The highest BCUT2D eigenvalue weighted by atomic mass is 16.6. The number of nitro benzene ring substituents is 1. The van der Waals surface area contributed by atoms with E-state index in [1.165, 1.54) is 32.0 Å². The third kappa shape index (κ3) is 4.76. The van der Waals surface area contributed by atoms with E-state index in [1.54, 1.807) is 20.8 Å². The molecule has 8 nitrogen and oxygen atoms in total. The van der Waals surface area contributed by atoms with Crippen LogP contribution in [0.5, 0.6) is 0 Å². The SMILES string of the molecule is Cc1cc(C(=O)O[C@@H](C)C(=O)N[C@](C)(C#N)C(C)C)ccc1[N+](=O)[O-]. The summed E-state index contributed by atoms with van der Waals surface area (Å²) < 4.78 is 5.09. The maximum Gasteiger partial charge on any atom is 0.338 e. The summed E-state index contributed by atoms with van der Waals surface area (Å²) in [6.45, 7) is 8.07. The zero-order valence-corrected chi connectivity index (χ0v) is 14.8. The van der Waals surface area contributed by atoms with Gasteiger partial charge in [-0.1, -0.05) is 13.8 Å². The topological polar surface area (TPSA) is 122 Å². The van der Waals surface area contributed by atoms with Crippen LogP contribution in [-0.2, 0) is 9.53 Å². The van der Waals surface area contributed by atoms with Crippen LogP contribution in [-0.4, -0.2) is 28.4 Å². The molecule has 0 aliphatic heterocycles. The summed E-state index contributed by atoms with van der Waals surface area (Å²) in [7, 11) is 0. The zero-order chi connectivity index (χ0) is 19.4. The fourth-order valence-electron chi connectivity index (χ4n) is 1.93. The van der Waals surface area contributed by atoms with Gasteiger partial charge in [-0.25, -0.2) is 4.79 Å². The van der Waals surface area contributed by atoms with Crippen molar-refractivity contribution < 1.29 is 19.2 Å². The van der Waals surface area contributed by atoms with Gasteiger partial charge in [-0.3, -0.25) is 14.9 Å². The van der Waals surface area contributed by atoms with E-state index in [-0.39, 0.29) is 17.2 Å². The van der Waals surface area contributed by atoms with E-state index in [2.05, 4.69) is 5.32 Å². The molecular formula is C17H21N3O5. The minimum absolute atomic E-state index is 0.106. The van der Waals surface area contributed by atoms with Crippen molar-refractivity contribution in [2.24, 2.45) is 5.92 Å². The van der Waals surface area contributed by atoms with Crippen LogP contribution >= 0.6 is 0 Å². The molecule has 0 aromatic heterocycles. The van der Waals surface area contributed by atoms with Gasteiger partial charge in [0.15, 0.2) is 6.10 Å². The Kier molecular flexibility index (Phi) is 6.23. The Morgan fingerprint density at radius 2 is 1.96 bits per heavy atom. The standard InChI is InChI=1S/C17H21N3O5/c1-10(2)17(5,9-18)19-15(21)12(4)25-16(22)13-6-7-14(20(23)24)11(3)8-13/h6-8,10,12H,1-5H3,(H,19,21)/t12-,17+/m0/s1. The highest BCUT2D eigenvalue weighted by Gasteiger charge is 2.32. The molecule has 1 aromatic rings. The summed E-state index contributed by atoms with van der Waals surface area (Å²) in [6.07, 6.45) is -1.12. The Morgan fingerprint density at radius 3 is 2.40 bits per heavy atom. The number of rotatable bonds is 6. The number of aryl methyl sites for hydroxylation is 1. The smallest absolute Gasteiger partial charge is 0.338 e. The third-order valence-corrected chi connectivity index (χ3v) is 4.05. The van der Waals surface area contributed by atoms with Gasteiger partial charge in [0.25, 0.3) is 11.6 Å². The predicted molar refractivity (Wildman–Crippen MR) is 89.7 cm³/mol. The first-order chi connectivity index (χ1) is 11.5. The highest BCUT2D eigenvalue weighted by molar-refractivity contribution is 5.92. The Bertz CT molecular complexity index is 738. The number of esters is 1. The van der Waals surface area contributed by atoms with Crippen LogP contribution in [0.3, 0.4) is 0 Å². The molecule has 0 aliphatic carbocycles. The summed E-state index contributed by atoms with van der Waals surface area (Å²) in [6, 6.07) is 5.85. The van der Waals surface area contributed by atoms with Gasteiger partial charge in [0.2, 0.25) is 0 Å². The molecule has 1 amide bonds. The van der Waals surface area contributed by atoms with Crippen LogP contribution in [0, 0.1) is 34.3 Å². The van der Waals surface area contributed by atoms with Crippen molar-refractivity contribution in [2.45, 2.75) is 46.3 Å². The van der Waals surface area contributed by atoms with Gasteiger partial charge < -0.3 is 10.1 Å². The number of carbonyl (C=O) groups is 2. The van der Waals surface area contributed by atoms with Crippen LogP contribution in [0.25, 0.3) is 0 Å². The van der Waals surface area contributed by atoms with Crippen molar-refractivity contribution in [1.82, 2.24) is 5.32 Å². The summed E-state index contributed by atoms with van der Waals surface area (Å²) >= 11 is 0. The summed E-state index contributed by atoms with van der Waals surface area (Å²) in [5.74, 6) is -1.50. The number of nitrogens with zero attached hydrogens (tertiary/aromatic N) is 2. The average Bonchev–Trinajstić information content (AvgIpc) is 2.53. The number of benzene rings is 1. The molecule has 0 saturated heterocycles. The Hall–Kier alpha value is -2.95. The second kappa shape index (κ2) is 7.75. The Balaban J connectivity index is 2.83. The lowest BCUT2D eigenvalue weighted by Gasteiger charge is -2.28. The molecule has 25 heavy (non-hydrogen) atoms. The number of ether oxygens (including phenoxy) is 1. The maximum atomic E-state index is 12.2. The molecule has 0 fully saturated rings. The molecule has 0 aliphatic rings. The molecule has 1 aromatic carbocycles.